The number of aromatic nitrogens is 2. The van der Waals surface area contributed by atoms with Crippen LogP contribution < -0.4 is 5.32 Å². The zero-order chi connectivity index (χ0) is 11.3. The second-order valence-corrected chi connectivity index (χ2v) is 3.44. The predicted molar refractivity (Wildman–Crippen MR) is 55.8 cm³/mol. The topological polar surface area (TPSA) is 64.1 Å². The van der Waals surface area contributed by atoms with E-state index in [1.807, 2.05) is 6.92 Å². The zero-order valence-corrected chi connectivity index (χ0v) is 9.28. The van der Waals surface area contributed by atoms with E-state index in [1.165, 1.54) is 12.4 Å². The van der Waals surface area contributed by atoms with Crippen molar-refractivity contribution in [1.29, 1.82) is 0 Å². The standard InChI is InChI=1S/C9H12ClN3O2/c1-6(5-15-2)13-9(14)7-3-12-8(10)4-11-7/h3-4,6H,5H2,1-2H3,(H,13,14). The van der Waals surface area contributed by atoms with Gasteiger partial charge in [0.2, 0.25) is 0 Å². The summed E-state index contributed by atoms with van der Waals surface area (Å²) in [4.78, 5) is 19.1. The Morgan fingerprint density at radius 3 is 2.87 bits per heavy atom. The van der Waals surface area contributed by atoms with Crippen molar-refractivity contribution in [3.8, 4) is 0 Å². The summed E-state index contributed by atoms with van der Waals surface area (Å²) in [5, 5.41) is 2.97. The molecule has 1 N–H and O–H groups in total. The number of hydrogen-bond acceptors (Lipinski definition) is 4. The first kappa shape index (κ1) is 11.9. The molecular weight excluding hydrogens is 218 g/mol. The lowest BCUT2D eigenvalue weighted by atomic mass is 10.3. The molecule has 0 saturated heterocycles. The van der Waals surface area contributed by atoms with Crippen molar-refractivity contribution in [1.82, 2.24) is 15.3 Å². The molecule has 6 heteroatoms. The Hall–Kier alpha value is -1.20. The molecule has 0 radical (unpaired) electrons. The number of amides is 1. The molecule has 82 valence electrons. The summed E-state index contributed by atoms with van der Waals surface area (Å²) in [6.45, 7) is 2.29. The molecule has 0 aliphatic rings. The van der Waals surface area contributed by atoms with Crippen LogP contribution in [0.1, 0.15) is 17.4 Å². The van der Waals surface area contributed by atoms with E-state index in [0.29, 0.717) is 6.61 Å². The summed E-state index contributed by atoms with van der Waals surface area (Å²) < 4.78 is 4.89. The van der Waals surface area contributed by atoms with Crippen molar-refractivity contribution < 1.29 is 9.53 Å². The summed E-state index contributed by atoms with van der Waals surface area (Å²) in [7, 11) is 1.57. The van der Waals surface area contributed by atoms with Crippen LogP contribution in [0.5, 0.6) is 0 Å². The molecule has 15 heavy (non-hydrogen) atoms. The van der Waals surface area contributed by atoms with Crippen LogP contribution in [0.15, 0.2) is 12.4 Å². The maximum atomic E-state index is 11.5. The molecule has 0 aromatic carbocycles. The summed E-state index contributed by atoms with van der Waals surface area (Å²) in [6, 6.07) is -0.0695. The summed E-state index contributed by atoms with van der Waals surface area (Å²) >= 11 is 5.55. The van der Waals surface area contributed by atoms with Crippen LogP contribution in [0.25, 0.3) is 0 Å². The van der Waals surface area contributed by atoms with Crippen LogP contribution in [0.4, 0.5) is 0 Å². The van der Waals surface area contributed by atoms with Gasteiger partial charge in [0.15, 0.2) is 0 Å². The molecule has 1 atom stereocenters. The first-order valence-corrected chi connectivity index (χ1v) is 4.78. The van der Waals surface area contributed by atoms with Gasteiger partial charge in [0.05, 0.1) is 19.0 Å². The number of ether oxygens (including phenoxy) is 1. The minimum atomic E-state index is -0.288. The van der Waals surface area contributed by atoms with E-state index < -0.39 is 0 Å². The lowest BCUT2D eigenvalue weighted by molar-refractivity contribution is 0.0900. The van der Waals surface area contributed by atoms with Crippen LogP contribution in [-0.4, -0.2) is 35.6 Å². The zero-order valence-electron chi connectivity index (χ0n) is 8.53. The van der Waals surface area contributed by atoms with Gasteiger partial charge in [-0.1, -0.05) is 11.6 Å². The van der Waals surface area contributed by atoms with Gasteiger partial charge in [-0.15, -0.1) is 0 Å². The number of nitrogens with one attached hydrogen (secondary N) is 1. The molecule has 1 heterocycles. The van der Waals surface area contributed by atoms with E-state index in [0.717, 1.165) is 0 Å². The number of halogens is 1. The van der Waals surface area contributed by atoms with E-state index in [1.54, 1.807) is 7.11 Å². The van der Waals surface area contributed by atoms with Crippen molar-refractivity contribution in [2.45, 2.75) is 13.0 Å². The minimum absolute atomic E-state index is 0.0695. The third kappa shape index (κ3) is 3.81. The van der Waals surface area contributed by atoms with E-state index in [4.69, 9.17) is 16.3 Å². The molecule has 5 nitrogen and oxygen atoms in total. The Morgan fingerprint density at radius 2 is 2.33 bits per heavy atom. The van der Waals surface area contributed by atoms with Gasteiger partial charge in [-0.3, -0.25) is 4.79 Å². The van der Waals surface area contributed by atoms with Gasteiger partial charge < -0.3 is 10.1 Å². The molecule has 0 saturated carbocycles. The van der Waals surface area contributed by atoms with Crippen molar-refractivity contribution >= 4 is 17.5 Å². The Bertz CT molecular complexity index is 329. The second kappa shape index (κ2) is 5.63. The minimum Gasteiger partial charge on any atom is -0.383 e. The van der Waals surface area contributed by atoms with Gasteiger partial charge in [-0.25, -0.2) is 9.97 Å². The maximum Gasteiger partial charge on any atom is 0.271 e. The van der Waals surface area contributed by atoms with E-state index in [2.05, 4.69) is 15.3 Å². The fourth-order valence-corrected chi connectivity index (χ4v) is 1.12. The smallest absolute Gasteiger partial charge is 0.271 e. The molecule has 1 rings (SSSR count). The molecule has 1 unspecified atom stereocenters. The summed E-state index contributed by atoms with van der Waals surface area (Å²) in [5.74, 6) is -0.288. The Balaban J connectivity index is 2.57. The van der Waals surface area contributed by atoms with Gasteiger partial charge in [0.25, 0.3) is 5.91 Å². The van der Waals surface area contributed by atoms with Crippen molar-refractivity contribution in [3.05, 3.63) is 23.2 Å². The highest BCUT2D eigenvalue weighted by Gasteiger charge is 2.10. The number of carbonyl (C=O) groups is 1. The molecule has 0 aliphatic carbocycles. The van der Waals surface area contributed by atoms with Gasteiger partial charge in [-0.05, 0) is 6.92 Å². The molecule has 1 aromatic heterocycles. The second-order valence-electron chi connectivity index (χ2n) is 3.05. The third-order valence-corrected chi connectivity index (χ3v) is 1.84. The molecule has 0 bridgehead atoms. The average Bonchev–Trinajstić information content (AvgIpc) is 2.18. The number of nitrogens with zero attached hydrogens (tertiary/aromatic N) is 2. The lowest BCUT2D eigenvalue weighted by Crippen LogP contribution is -2.36. The van der Waals surface area contributed by atoms with Crippen LogP contribution in [0.3, 0.4) is 0 Å². The van der Waals surface area contributed by atoms with Gasteiger partial charge in [0, 0.05) is 13.2 Å². The van der Waals surface area contributed by atoms with Crippen molar-refractivity contribution in [3.63, 3.8) is 0 Å². The Kier molecular flexibility index (Phi) is 4.45. The predicted octanol–water partition coefficient (Wildman–Crippen LogP) is 0.895. The van der Waals surface area contributed by atoms with Crippen molar-refractivity contribution in [2.75, 3.05) is 13.7 Å². The van der Waals surface area contributed by atoms with Crippen molar-refractivity contribution in [2.24, 2.45) is 0 Å². The highest BCUT2D eigenvalue weighted by atomic mass is 35.5. The molecular formula is C9H12ClN3O2. The van der Waals surface area contributed by atoms with E-state index in [9.17, 15) is 4.79 Å². The lowest BCUT2D eigenvalue weighted by Gasteiger charge is -2.11. The third-order valence-electron chi connectivity index (χ3n) is 1.65. The summed E-state index contributed by atoms with van der Waals surface area (Å²) in [5.41, 5.74) is 0.238. The molecule has 1 amide bonds. The number of carbonyl (C=O) groups excluding carboxylic acids is 1. The van der Waals surface area contributed by atoms with Gasteiger partial charge in [0.1, 0.15) is 10.8 Å². The molecule has 0 aliphatic heterocycles. The number of hydrogen-bond donors (Lipinski definition) is 1. The molecule has 0 spiro atoms. The normalized spacial score (nSPS) is 12.2. The van der Waals surface area contributed by atoms with Crippen LogP contribution in [0.2, 0.25) is 5.15 Å². The van der Waals surface area contributed by atoms with Crippen LogP contribution >= 0.6 is 11.6 Å². The maximum absolute atomic E-state index is 11.5. The highest BCUT2D eigenvalue weighted by Crippen LogP contribution is 2.01. The largest absolute Gasteiger partial charge is 0.383 e. The van der Waals surface area contributed by atoms with E-state index >= 15 is 0 Å². The highest BCUT2D eigenvalue weighted by molar-refractivity contribution is 6.29. The van der Waals surface area contributed by atoms with Gasteiger partial charge in [-0.2, -0.15) is 0 Å². The fraction of sp³-hybridized carbons (Fsp3) is 0.444. The van der Waals surface area contributed by atoms with Gasteiger partial charge >= 0.3 is 0 Å². The van der Waals surface area contributed by atoms with Crippen LogP contribution in [0, 0.1) is 0 Å². The first-order chi connectivity index (χ1) is 7.13. The van der Waals surface area contributed by atoms with Crippen LogP contribution in [-0.2, 0) is 4.74 Å². The average molecular weight is 230 g/mol. The monoisotopic (exact) mass is 229 g/mol. The first-order valence-electron chi connectivity index (χ1n) is 4.41. The Labute approximate surface area is 92.8 Å². The molecule has 1 aromatic rings. The summed E-state index contributed by atoms with van der Waals surface area (Å²) in [6.07, 6.45) is 2.66. The SMILES string of the molecule is COCC(C)NC(=O)c1cnc(Cl)cn1. The van der Waals surface area contributed by atoms with E-state index in [-0.39, 0.29) is 22.8 Å². The Morgan fingerprint density at radius 1 is 1.60 bits per heavy atom. The number of rotatable bonds is 4. The quantitative estimate of drug-likeness (QED) is 0.833. The number of methoxy groups -OCH3 is 1. The molecule has 0 fully saturated rings. The fourth-order valence-electron chi connectivity index (χ4n) is 1.02.